The molecule has 1 amide bonds. The molecule has 7 nitrogen and oxygen atoms in total. The second kappa shape index (κ2) is 8.73. The molecule has 1 heterocycles. The summed E-state index contributed by atoms with van der Waals surface area (Å²) in [5.74, 6) is 0.729. The van der Waals surface area contributed by atoms with Crippen LogP contribution in [0, 0.1) is 6.92 Å². The van der Waals surface area contributed by atoms with Crippen LogP contribution in [-0.2, 0) is 21.2 Å². The lowest BCUT2D eigenvalue weighted by molar-refractivity contribution is -0.127. The van der Waals surface area contributed by atoms with Gasteiger partial charge in [-0.3, -0.25) is 9.10 Å². The molecule has 0 saturated carbocycles. The van der Waals surface area contributed by atoms with Crippen molar-refractivity contribution in [3.8, 4) is 11.5 Å². The molecule has 29 heavy (non-hydrogen) atoms. The minimum absolute atomic E-state index is 0.0690. The summed E-state index contributed by atoms with van der Waals surface area (Å²) < 4.78 is 37.0. The average molecular weight is 419 g/mol. The van der Waals surface area contributed by atoms with Gasteiger partial charge in [0, 0.05) is 0 Å². The highest BCUT2D eigenvalue weighted by Gasteiger charge is 2.34. The van der Waals surface area contributed by atoms with Crippen molar-refractivity contribution < 1.29 is 22.7 Å². The Hall–Kier alpha value is -2.74. The molecule has 156 valence electrons. The largest absolute Gasteiger partial charge is 0.492 e. The Labute approximate surface area is 171 Å². The van der Waals surface area contributed by atoms with Crippen LogP contribution in [0.15, 0.2) is 42.5 Å². The van der Waals surface area contributed by atoms with Crippen LogP contribution < -0.4 is 19.1 Å². The number of carbonyl (C=O) groups is 1. The molecule has 8 heteroatoms. The lowest BCUT2D eigenvalue weighted by Crippen LogP contribution is -2.51. The van der Waals surface area contributed by atoms with Crippen LogP contribution >= 0.6 is 0 Å². The van der Waals surface area contributed by atoms with Crippen molar-refractivity contribution >= 4 is 21.6 Å². The molecule has 2 aromatic carbocycles. The van der Waals surface area contributed by atoms with Crippen LogP contribution in [0.3, 0.4) is 0 Å². The highest BCUT2D eigenvalue weighted by Crippen LogP contribution is 2.35. The van der Waals surface area contributed by atoms with Gasteiger partial charge in [-0.25, -0.2) is 8.42 Å². The van der Waals surface area contributed by atoms with Gasteiger partial charge in [0.25, 0.3) is 5.91 Å². The third-order valence-corrected chi connectivity index (χ3v) is 5.82. The van der Waals surface area contributed by atoms with E-state index >= 15 is 0 Å². The SMILES string of the molecule is CCc1ccc(OCCNC(=O)C2CN(S(C)(=O)=O)c3cc(C)ccc3O2)cc1. The van der Waals surface area contributed by atoms with E-state index in [4.69, 9.17) is 9.47 Å². The number of rotatable bonds is 7. The second-order valence-electron chi connectivity index (χ2n) is 7.01. The number of aryl methyl sites for hydroxylation is 2. The normalized spacial score (nSPS) is 16.0. The zero-order valence-electron chi connectivity index (χ0n) is 16.8. The van der Waals surface area contributed by atoms with Crippen molar-refractivity contribution in [3.63, 3.8) is 0 Å². The molecular weight excluding hydrogens is 392 g/mol. The molecular formula is C21H26N2O5S. The number of amides is 1. The van der Waals surface area contributed by atoms with Gasteiger partial charge in [-0.15, -0.1) is 0 Å². The first kappa shape index (κ1) is 21.0. The van der Waals surface area contributed by atoms with Crippen molar-refractivity contribution in [1.29, 1.82) is 0 Å². The number of nitrogens with zero attached hydrogens (tertiary/aromatic N) is 1. The molecule has 0 aliphatic carbocycles. The maximum absolute atomic E-state index is 12.5. The molecule has 1 N–H and O–H groups in total. The molecule has 0 aromatic heterocycles. The molecule has 1 atom stereocenters. The first-order valence-corrected chi connectivity index (χ1v) is 11.4. The number of sulfonamides is 1. The zero-order chi connectivity index (χ0) is 21.0. The Kier molecular flexibility index (Phi) is 6.32. The Bertz CT molecular complexity index is 973. The Morgan fingerprint density at radius 1 is 1.24 bits per heavy atom. The maximum Gasteiger partial charge on any atom is 0.263 e. The minimum atomic E-state index is -3.54. The fourth-order valence-corrected chi connectivity index (χ4v) is 4.00. The van der Waals surface area contributed by atoms with Crippen molar-refractivity contribution in [2.24, 2.45) is 0 Å². The molecule has 0 spiro atoms. The summed E-state index contributed by atoms with van der Waals surface area (Å²) in [6.45, 7) is 4.47. The van der Waals surface area contributed by atoms with Crippen LogP contribution in [-0.4, -0.2) is 46.4 Å². The monoisotopic (exact) mass is 418 g/mol. The number of benzene rings is 2. The molecule has 1 aliphatic heterocycles. The van der Waals surface area contributed by atoms with Gasteiger partial charge in [0.15, 0.2) is 6.10 Å². The fraction of sp³-hybridized carbons (Fsp3) is 0.381. The van der Waals surface area contributed by atoms with Crippen LogP contribution in [0.5, 0.6) is 11.5 Å². The van der Waals surface area contributed by atoms with E-state index in [0.717, 1.165) is 24.0 Å². The van der Waals surface area contributed by atoms with Crippen LogP contribution in [0.2, 0.25) is 0 Å². The Morgan fingerprint density at radius 2 is 1.97 bits per heavy atom. The number of carbonyl (C=O) groups excluding carboxylic acids is 1. The average Bonchev–Trinajstić information content (AvgIpc) is 2.70. The molecule has 0 bridgehead atoms. The quantitative estimate of drug-likeness (QED) is 0.698. The zero-order valence-corrected chi connectivity index (χ0v) is 17.7. The minimum Gasteiger partial charge on any atom is -0.492 e. The van der Waals surface area contributed by atoms with Gasteiger partial charge in [0.05, 0.1) is 25.0 Å². The second-order valence-corrected chi connectivity index (χ2v) is 8.92. The van der Waals surface area contributed by atoms with Crippen LogP contribution in [0.1, 0.15) is 18.1 Å². The van der Waals surface area contributed by atoms with Crippen molar-refractivity contribution in [2.45, 2.75) is 26.4 Å². The number of nitrogens with one attached hydrogen (secondary N) is 1. The van der Waals surface area contributed by atoms with E-state index in [-0.39, 0.29) is 19.0 Å². The van der Waals surface area contributed by atoms with E-state index in [1.165, 1.54) is 9.87 Å². The molecule has 1 unspecified atom stereocenters. The summed E-state index contributed by atoms with van der Waals surface area (Å²) >= 11 is 0. The van der Waals surface area contributed by atoms with E-state index in [2.05, 4.69) is 12.2 Å². The topological polar surface area (TPSA) is 84.9 Å². The van der Waals surface area contributed by atoms with E-state index in [1.807, 2.05) is 37.3 Å². The van der Waals surface area contributed by atoms with Crippen molar-refractivity contribution in [1.82, 2.24) is 5.32 Å². The highest BCUT2D eigenvalue weighted by atomic mass is 32.2. The predicted octanol–water partition coefficient (Wildman–Crippen LogP) is 2.28. The van der Waals surface area contributed by atoms with Gasteiger partial charge in [0.1, 0.15) is 18.1 Å². The molecule has 3 rings (SSSR count). The Balaban J connectivity index is 1.58. The summed E-state index contributed by atoms with van der Waals surface area (Å²) in [4.78, 5) is 12.5. The number of fused-ring (bicyclic) bond motifs is 1. The van der Waals surface area contributed by atoms with E-state index < -0.39 is 16.1 Å². The van der Waals surface area contributed by atoms with Crippen LogP contribution in [0.25, 0.3) is 0 Å². The summed E-state index contributed by atoms with van der Waals surface area (Å²) in [5.41, 5.74) is 2.59. The van der Waals surface area contributed by atoms with Gasteiger partial charge >= 0.3 is 0 Å². The van der Waals surface area contributed by atoms with Gasteiger partial charge in [-0.05, 0) is 48.7 Å². The molecule has 2 aromatic rings. The predicted molar refractivity (Wildman–Crippen MR) is 112 cm³/mol. The molecule has 0 radical (unpaired) electrons. The van der Waals surface area contributed by atoms with Crippen LogP contribution in [0.4, 0.5) is 5.69 Å². The molecule has 0 saturated heterocycles. The van der Waals surface area contributed by atoms with Crippen molar-refractivity contribution in [2.75, 3.05) is 30.3 Å². The van der Waals surface area contributed by atoms with E-state index in [0.29, 0.717) is 18.0 Å². The number of ether oxygens (including phenoxy) is 2. The summed E-state index contributed by atoms with van der Waals surface area (Å²) in [5, 5.41) is 2.75. The third-order valence-electron chi connectivity index (χ3n) is 4.68. The lowest BCUT2D eigenvalue weighted by Gasteiger charge is -2.34. The smallest absolute Gasteiger partial charge is 0.263 e. The van der Waals surface area contributed by atoms with Crippen molar-refractivity contribution in [3.05, 3.63) is 53.6 Å². The van der Waals surface area contributed by atoms with Gasteiger partial charge in [0.2, 0.25) is 10.0 Å². The third kappa shape index (κ3) is 5.20. The number of anilines is 1. The van der Waals surface area contributed by atoms with Gasteiger partial charge in [-0.2, -0.15) is 0 Å². The van der Waals surface area contributed by atoms with Gasteiger partial charge < -0.3 is 14.8 Å². The first-order chi connectivity index (χ1) is 13.8. The first-order valence-electron chi connectivity index (χ1n) is 9.52. The fourth-order valence-electron chi connectivity index (χ4n) is 3.09. The number of hydrogen-bond acceptors (Lipinski definition) is 5. The highest BCUT2D eigenvalue weighted by molar-refractivity contribution is 7.92. The Morgan fingerprint density at radius 3 is 2.62 bits per heavy atom. The van der Waals surface area contributed by atoms with E-state index in [1.54, 1.807) is 12.1 Å². The van der Waals surface area contributed by atoms with Gasteiger partial charge in [-0.1, -0.05) is 25.1 Å². The summed E-state index contributed by atoms with van der Waals surface area (Å²) in [7, 11) is -3.54. The summed E-state index contributed by atoms with van der Waals surface area (Å²) in [6, 6.07) is 13.0. The van der Waals surface area contributed by atoms with E-state index in [9.17, 15) is 13.2 Å². The summed E-state index contributed by atoms with van der Waals surface area (Å²) in [6.07, 6.45) is 1.16. The lowest BCUT2D eigenvalue weighted by atomic mass is 10.1. The number of hydrogen-bond donors (Lipinski definition) is 1. The standard InChI is InChI=1S/C21H26N2O5S/c1-4-16-6-8-17(9-7-16)27-12-11-22-21(24)20-14-23(29(3,25)26)18-13-15(2)5-10-19(18)28-20/h5-10,13,20H,4,11-12,14H2,1-3H3,(H,22,24). The maximum atomic E-state index is 12.5. The molecule has 1 aliphatic rings. The molecule has 0 fully saturated rings.